The lowest BCUT2D eigenvalue weighted by Crippen LogP contribution is -2.33. The monoisotopic (exact) mass is 398 g/mol. The van der Waals surface area contributed by atoms with Crippen LogP contribution in [0.4, 0.5) is 4.39 Å². The Bertz CT molecular complexity index is 927. The predicted molar refractivity (Wildman–Crippen MR) is 109 cm³/mol. The largest absolute Gasteiger partial charge is 0.349 e. The maximum Gasteiger partial charge on any atom is 0.233 e. The van der Waals surface area contributed by atoms with Gasteiger partial charge in [0.2, 0.25) is 5.91 Å². The Morgan fingerprint density at radius 1 is 1.11 bits per heavy atom. The van der Waals surface area contributed by atoms with Gasteiger partial charge in [-0.05, 0) is 44.0 Å². The molecule has 1 amide bonds. The van der Waals surface area contributed by atoms with E-state index in [1.54, 1.807) is 12.1 Å². The van der Waals surface area contributed by atoms with Gasteiger partial charge >= 0.3 is 0 Å². The molecule has 0 bridgehead atoms. The van der Waals surface area contributed by atoms with Gasteiger partial charge in [0.05, 0.1) is 17.8 Å². The van der Waals surface area contributed by atoms with Crippen molar-refractivity contribution in [1.82, 2.24) is 20.1 Å². The van der Waals surface area contributed by atoms with Crippen LogP contribution in [0.5, 0.6) is 0 Å². The Balaban J connectivity index is 1.65. The van der Waals surface area contributed by atoms with Crippen molar-refractivity contribution >= 4 is 17.7 Å². The third-order valence-electron chi connectivity index (χ3n) is 4.47. The van der Waals surface area contributed by atoms with E-state index >= 15 is 0 Å². The summed E-state index contributed by atoms with van der Waals surface area (Å²) in [5.74, 6) is 0.409. The molecule has 1 N–H and O–H groups in total. The summed E-state index contributed by atoms with van der Waals surface area (Å²) in [5, 5.41) is 11.7. The second-order valence-corrected chi connectivity index (χ2v) is 7.95. The molecule has 1 aromatic heterocycles. The van der Waals surface area contributed by atoms with Crippen LogP contribution in [0.25, 0.3) is 0 Å². The number of hydrogen-bond acceptors (Lipinski definition) is 4. The van der Waals surface area contributed by atoms with Crippen LogP contribution in [0, 0.1) is 12.7 Å². The van der Waals surface area contributed by atoms with Crippen molar-refractivity contribution in [2.24, 2.45) is 0 Å². The first kappa shape index (κ1) is 20.1. The highest BCUT2D eigenvalue weighted by atomic mass is 32.2. The quantitative estimate of drug-likeness (QED) is 0.608. The van der Waals surface area contributed by atoms with Crippen LogP contribution in [0.1, 0.15) is 36.8 Å². The molecule has 0 saturated carbocycles. The number of thioether (sulfide) groups is 1. The number of nitrogens with one attached hydrogen (secondary N) is 1. The van der Waals surface area contributed by atoms with Crippen LogP contribution in [0.15, 0.2) is 59.8 Å². The molecule has 3 rings (SSSR count). The van der Waals surface area contributed by atoms with Gasteiger partial charge in [-0.3, -0.25) is 4.79 Å². The van der Waals surface area contributed by atoms with Crippen LogP contribution < -0.4 is 5.32 Å². The number of carbonyl (C=O) groups is 1. The molecule has 146 valence electrons. The Kier molecular flexibility index (Phi) is 6.46. The molecule has 2 atom stereocenters. The van der Waals surface area contributed by atoms with Crippen molar-refractivity contribution in [2.75, 3.05) is 0 Å². The van der Waals surface area contributed by atoms with Crippen molar-refractivity contribution in [1.29, 1.82) is 0 Å². The van der Waals surface area contributed by atoms with Gasteiger partial charge in [0.25, 0.3) is 0 Å². The maximum atomic E-state index is 13.1. The average molecular weight is 399 g/mol. The van der Waals surface area contributed by atoms with Gasteiger partial charge in [0.1, 0.15) is 11.6 Å². The molecule has 3 aromatic rings. The molecule has 5 nitrogen and oxygen atoms in total. The molecule has 1 heterocycles. The normalized spacial score (nSPS) is 13.1. The zero-order chi connectivity index (χ0) is 20.1. The van der Waals surface area contributed by atoms with Crippen molar-refractivity contribution in [3.05, 3.63) is 77.4 Å². The second kappa shape index (κ2) is 9.01. The number of benzene rings is 2. The van der Waals surface area contributed by atoms with E-state index in [0.29, 0.717) is 11.7 Å². The summed E-state index contributed by atoms with van der Waals surface area (Å²) >= 11 is 1.38. The molecule has 0 unspecified atom stereocenters. The average Bonchev–Trinajstić information content (AvgIpc) is 3.02. The van der Waals surface area contributed by atoms with Gasteiger partial charge in [-0.15, -0.1) is 10.2 Å². The summed E-state index contributed by atoms with van der Waals surface area (Å²) in [7, 11) is 0. The zero-order valence-electron chi connectivity index (χ0n) is 16.1. The summed E-state index contributed by atoms with van der Waals surface area (Å²) in [6.45, 7) is 6.28. The highest BCUT2D eigenvalue weighted by Gasteiger charge is 2.21. The van der Waals surface area contributed by atoms with Crippen LogP contribution in [-0.2, 0) is 11.3 Å². The number of carbonyl (C=O) groups excluding carboxylic acids is 1. The van der Waals surface area contributed by atoms with Crippen LogP contribution in [0.3, 0.4) is 0 Å². The highest BCUT2D eigenvalue weighted by Crippen LogP contribution is 2.24. The molecule has 0 aliphatic heterocycles. The summed E-state index contributed by atoms with van der Waals surface area (Å²) in [4.78, 5) is 12.6. The lowest BCUT2D eigenvalue weighted by atomic mass is 10.1. The molecule has 0 aliphatic rings. The number of amides is 1. The molecule has 0 saturated heterocycles. The van der Waals surface area contributed by atoms with Gasteiger partial charge in [0, 0.05) is 0 Å². The Labute approximate surface area is 168 Å². The van der Waals surface area contributed by atoms with Gasteiger partial charge in [-0.25, -0.2) is 4.39 Å². The summed E-state index contributed by atoms with van der Waals surface area (Å²) in [6.07, 6.45) is 0. The SMILES string of the molecule is Cc1nnc(S[C@@H](C)C(=O)N[C@H](C)c2ccc(F)cc2)n1Cc1ccccc1. The van der Waals surface area contributed by atoms with Gasteiger partial charge in [-0.1, -0.05) is 54.2 Å². The third-order valence-corrected chi connectivity index (χ3v) is 5.55. The predicted octanol–water partition coefficient (Wildman–Crippen LogP) is 4.13. The number of nitrogens with zero attached hydrogens (tertiary/aromatic N) is 3. The van der Waals surface area contributed by atoms with E-state index < -0.39 is 0 Å². The summed E-state index contributed by atoms with van der Waals surface area (Å²) < 4.78 is 15.1. The Morgan fingerprint density at radius 2 is 1.79 bits per heavy atom. The van der Waals surface area contributed by atoms with Crippen LogP contribution >= 0.6 is 11.8 Å². The third kappa shape index (κ3) is 4.98. The topological polar surface area (TPSA) is 59.8 Å². The van der Waals surface area contributed by atoms with E-state index in [1.807, 2.05) is 55.7 Å². The first-order valence-electron chi connectivity index (χ1n) is 9.10. The fourth-order valence-electron chi connectivity index (χ4n) is 2.77. The fraction of sp³-hybridized carbons (Fsp3) is 0.286. The van der Waals surface area contributed by atoms with Crippen LogP contribution in [-0.4, -0.2) is 25.9 Å². The maximum absolute atomic E-state index is 13.1. The summed E-state index contributed by atoms with van der Waals surface area (Å²) in [6, 6.07) is 16.0. The Hall–Kier alpha value is -2.67. The van der Waals surface area contributed by atoms with Crippen LogP contribution in [0.2, 0.25) is 0 Å². The summed E-state index contributed by atoms with van der Waals surface area (Å²) in [5.41, 5.74) is 2.00. The molecular weight excluding hydrogens is 375 g/mol. The van der Waals surface area contributed by atoms with Crippen molar-refractivity contribution in [3.63, 3.8) is 0 Å². The van der Waals surface area contributed by atoms with E-state index in [4.69, 9.17) is 0 Å². The van der Waals surface area contributed by atoms with E-state index in [1.165, 1.54) is 23.9 Å². The van der Waals surface area contributed by atoms with E-state index in [-0.39, 0.29) is 23.0 Å². The van der Waals surface area contributed by atoms with Gasteiger partial charge in [-0.2, -0.15) is 0 Å². The molecule has 7 heteroatoms. The number of rotatable bonds is 7. The van der Waals surface area contributed by atoms with Crippen molar-refractivity contribution in [3.8, 4) is 0 Å². The minimum Gasteiger partial charge on any atom is -0.349 e. The molecule has 0 fully saturated rings. The minimum atomic E-state index is -0.346. The molecule has 28 heavy (non-hydrogen) atoms. The molecule has 0 aliphatic carbocycles. The van der Waals surface area contributed by atoms with Gasteiger partial charge < -0.3 is 9.88 Å². The number of halogens is 1. The number of aryl methyl sites for hydroxylation is 1. The minimum absolute atomic E-state index is 0.103. The Morgan fingerprint density at radius 3 is 2.46 bits per heavy atom. The van der Waals surface area contributed by atoms with E-state index in [9.17, 15) is 9.18 Å². The molecule has 0 spiro atoms. The lowest BCUT2D eigenvalue weighted by molar-refractivity contribution is -0.120. The molecular formula is C21H23FN4OS. The second-order valence-electron chi connectivity index (χ2n) is 6.64. The van der Waals surface area contributed by atoms with Gasteiger partial charge in [0.15, 0.2) is 5.16 Å². The first-order valence-corrected chi connectivity index (χ1v) is 9.98. The lowest BCUT2D eigenvalue weighted by Gasteiger charge is -2.18. The zero-order valence-corrected chi connectivity index (χ0v) is 16.9. The first-order chi connectivity index (χ1) is 13.4. The van der Waals surface area contributed by atoms with E-state index in [0.717, 1.165) is 17.0 Å². The number of aromatic nitrogens is 3. The fourth-order valence-corrected chi connectivity index (χ4v) is 3.68. The molecule has 0 radical (unpaired) electrons. The van der Waals surface area contributed by atoms with Crippen molar-refractivity contribution < 1.29 is 9.18 Å². The van der Waals surface area contributed by atoms with Crippen molar-refractivity contribution in [2.45, 2.75) is 43.8 Å². The number of hydrogen-bond donors (Lipinski definition) is 1. The van der Waals surface area contributed by atoms with E-state index in [2.05, 4.69) is 15.5 Å². The molecule has 2 aromatic carbocycles. The smallest absolute Gasteiger partial charge is 0.233 e. The highest BCUT2D eigenvalue weighted by molar-refractivity contribution is 8.00. The standard InChI is InChI=1S/C21H23FN4OS/c1-14(18-9-11-19(22)12-10-18)23-20(27)15(2)28-21-25-24-16(3)26(21)13-17-7-5-4-6-8-17/h4-12,14-15H,13H2,1-3H3,(H,23,27)/t14-,15+/m1/s1.